The molecule has 0 fully saturated rings. The van der Waals surface area contributed by atoms with Gasteiger partial charge in [0.2, 0.25) is 0 Å². The Bertz CT molecular complexity index is 86.2. The molecule has 0 unspecified atom stereocenters. The first-order chi connectivity index (χ1) is 3.41. The van der Waals surface area contributed by atoms with E-state index in [1.54, 1.807) is 6.08 Å². The van der Waals surface area contributed by atoms with E-state index in [4.69, 9.17) is 0 Å². The maximum absolute atomic E-state index is 3.51. The lowest BCUT2D eigenvalue weighted by molar-refractivity contribution is 1.73. The predicted molar refractivity (Wildman–Crippen MR) is 34.2 cm³/mol. The summed E-state index contributed by atoms with van der Waals surface area (Å²) in [6.07, 6.45) is 9.51. The van der Waals surface area contributed by atoms with E-state index in [1.165, 1.54) is 0 Å². The molecule has 0 spiro atoms. The van der Waals surface area contributed by atoms with Crippen LogP contribution in [0.4, 0.5) is 0 Å². The number of hydrogen-bond acceptors (Lipinski definition) is 0. The van der Waals surface area contributed by atoms with Crippen molar-refractivity contribution < 1.29 is 0 Å². The summed E-state index contributed by atoms with van der Waals surface area (Å²) in [7, 11) is 0. The molecule has 0 aliphatic rings. The lowest BCUT2D eigenvalue weighted by atomic mass is 10.4. The Balaban J connectivity index is 3.27. The quantitative estimate of drug-likeness (QED) is 0.460. The summed E-state index contributed by atoms with van der Waals surface area (Å²) >= 11 is 0. The van der Waals surface area contributed by atoms with Crippen LogP contribution in [0.5, 0.6) is 0 Å². The third-order valence-corrected chi connectivity index (χ3v) is 0.551. The van der Waals surface area contributed by atoms with Crippen LogP contribution in [0, 0.1) is 0 Å². The van der Waals surface area contributed by atoms with Crippen molar-refractivity contribution in [1.82, 2.24) is 0 Å². The second-order valence-corrected chi connectivity index (χ2v) is 1.15. The summed E-state index contributed by atoms with van der Waals surface area (Å²) in [4.78, 5) is 0. The Morgan fingerprint density at radius 3 is 2.29 bits per heavy atom. The van der Waals surface area contributed by atoms with Gasteiger partial charge >= 0.3 is 0 Å². The molecule has 0 aliphatic heterocycles. The minimum atomic E-state index is 1.75. The summed E-state index contributed by atoms with van der Waals surface area (Å²) < 4.78 is 0. The molecule has 0 aromatic rings. The van der Waals surface area contributed by atoms with Gasteiger partial charge in [0.1, 0.15) is 0 Å². The molecule has 0 saturated carbocycles. The monoisotopic (exact) mass is 94.1 g/mol. The highest BCUT2D eigenvalue weighted by Gasteiger charge is 1.52. The summed E-state index contributed by atoms with van der Waals surface area (Å²) in [5, 5.41) is 0. The number of hydrogen-bond donors (Lipinski definition) is 0. The first kappa shape index (κ1) is 6.22. The van der Waals surface area contributed by atoms with Gasteiger partial charge in [0, 0.05) is 0 Å². The molecule has 7 heavy (non-hydrogen) atoms. The molecule has 0 heteroatoms. The van der Waals surface area contributed by atoms with E-state index < -0.39 is 0 Å². The van der Waals surface area contributed by atoms with E-state index >= 15 is 0 Å². The number of rotatable bonds is 2. The van der Waals surface area contributed by atoms with Crippen LogP contribution in [0.1, 0.15) is 6.92 Å². The highest BCUT2D eigenvalue weighted by Crippen LogP contribution is 1.74. The zero-order valence-electron chi connectivity index (χ0n) is 4.59. The van der Waals surface area contributed by atoms with Crippen molar-refractivity contribution in [3.05, 3.63) is 37.0 Å². The zero-order valence-corrected chi connectivity index (χ0v) is 4.59. The minimum Gasteiger partial charge on any atom is -0.0991 e. The van der Waals surface area contributed by atoms with Crippen molar-refractivity contribution in [2.75, 3.05) is 0 Å². The maximum Gasteiger partial charge on any atom is -0.0467 e. The molecule has 0 N–H and O–H groups in total. The van der Waals surface area contributed by atoms with Gasteiger partial charge in [0.15, 0.2) is 0 Å². The zero-order chi connectivity index (χ0) is 5.54. The molecule has 0 aliphatic carbocycles. The van der Waals surface area contributed by atoms with Crippen molar-refractivity contribution in [3.63, 3.8) is 0 Å². The molecular weight excluding hydrogens is 84.1 g/mol. The average Bonchev–Trinajstić information content (AvgIpc) is 1.69. The summed E-state index contributed by atoms with van der Waals surface area (Å²) in [5.74, 6) is 0. The Morgan fingerprint density at radius 1 is 1.14 bits per heavy atom. The molecule has 0 aromatic heterocycles. The molecular formula is C7H10. The highest BCUT2D eigenvalue weighted by atomic mass is 13.6. The van der Waals surface area contributed by atoms with Crippen molar-refractivity contribution in [2.45, 2.75) is 6.92 Å². The van der Waals surface area contributed by atoms with Crippen molar-refractivity contribution in [1.29, 1.82) is 0 Å². The third-order valence-electron chi connectivity index (χ3n) is 0.551. The normalized spacial score (nSPS) is 11.0. The van der Waals surface area contributed by atoms with Crippen LogP contribution < -0.4 is 0 Å². The molecule has 0 atom stereocenters. The molecule has 0 rings (SSSR count). The predicted octanol–water partition coefficient (Wildman–Crippen LogP) is 2.30. The fourth-order valence-corrected chi connectivity index (χ4v) is 0.254. The highest BCUT2D eigenvalue weighted by molar-refractivity contribution is 5.07. The van der Waals surface area contributed by atoms with E-state index in [1.807, 2.05) is 31.2 Å². The summed E-state index contributed by atoms with van der Waals surface area (Å²) in [5.41, 5.74) is 0. The van der Waals surface area contributed by atoms with Gasteiger partial charge in [0.25, 0.3) is 0 Å². The van der Waals surface area contributed by atoms with E-state index in [0.717, 1.165) is 0 Å². The Labute approximate surface area is 44.9 Å². The first-order valence-corrected chi connectivity index (χ1v) is 2.32. The van der Waals surface area contributed by atoms with Gasteiger partial charge in [-0.05, 0) is 6.92 Å². The van der Waals surface area contributed by atoms with Gasteiger partial charge < -0.3 is 0 Å². The van der Waals surface area contributed by atoms with E-state index in [2.05, 4.69) is 6.58 Å². The topological polar surface area (TPSA) is 0 Å². The minimum absolute atomic E-state index is 1.75. The van der Waals surface area contributed by atoms with Crippen LogP contribution in [0.2, 0.25) is 0 Å². The first-order valence-electron chi connectivity index (χ1n) is 2.32. The molecule has 0 radical (unpaired) electrons. The molecule has 38 valence electrons. The SMILES string of the molecule is C=CC=C/C=C\C. The molecule has 0 nitrogen and oxygen atoms in total. The second-order valence-electron chi connectivity index (χ2n) is 1.15. The van der Waals surface area contributed by atoms with Gasteiger partial charge in [-0.25, -0.2) is 0 Å². The fourth-order valence-electron chi connectivity index (χ4n) is 0.254. The lowest BCUT2D eigenvalue weighted by Crippen LogP contribution is -1.43. The van der Waals surface area contributed by atoms with Crippen LogP contribution in [0.3, 0.4) is 0 Å². The Hall–Kier alpha value is -0.780. The van der Waals surface area contributed by atoms with E-state index in [9.17, 15) is 0 Å². The van der Waals surface area contributed by atoms with Crippen LogP contribution >= 0.6 is 0 Å². The van der Waals surface area contributed by atoms with Gasteiger partial charge in [0.05, 0.1) is 0 Å². The van der Waals surface area contributed by atoms with Crippen LogP contribution in [0.25, 0.3) is 0 Å². The molecule has 0 bridgehead atoms. The van der Waals surface area contributed by atoms with Crippen molar-refractivity contribution in [2.24, 2.45) is 0 Å². The molecule has 0 heterocycles. The fraction of sp³-hybridized carbons (Fsp3) is 0.143. The Morgan fingerprint density at radius 2 is 1.86 bits per heavy atom. The van der Waals surface area contributed by atoms with Crippen LogP contribution in [-0.4, -0.2) is 0 Å². The Kier molecular flexibility index (Phi) is 4.64. The van der Waals surface area contributed by atoms with Gasteiger partial charge in [-0.2, -0.15) is 0 Å². The van der Waals surface area contributed by atoms with E-state index in [0.29, 0.717) is 0 Å². The second kappa shape index (κ2) is 5.22. The largest absolute Gasteiger partial charge is 0.0991 e. The van der Waals surface area contributed by atoms with Crippen LogP contribution in [0.15, 0.2) is 37.0 Å². The molecule has 0 saturated heterocycles. The van der Waals surface area contributed by atoms with Gasteiger partial charge in [-0.3, -0.25) is 0 Å². The molecule has 0 aromatic carbocycles. The van der Waals surface area contributed by atoms with Gasteiger partial charge in [-0.15, -0.1) is 0 Å². The summed E-state index contributed by atoms with van der Waals surface area (Å²) in [6.45, 7) is 5.49. The number of allylic oxidation sites excluding steroid dienone is 5. The van der Waals surface area contributed by atoms with E-state index in [-0.39, 0.29) is 0 Å². The average molecular weight is 94.2 g/mol. The lowest BCUT2D eigenvalue weighted by Gasteiger charge is -1.65. The third kappa shape index (κ3) is 5.22. The van der Waals surface area contributed by atoms with Crippen molar-refractivity contribution in [3.8, 4) is 0 Å². The standard InChI is InChI=1S/C7H10/c1-3-5-7-6-4-2/h3-7H,1H2,2H3/b6-4-,7-5?. The van der Waals surface area contributed by atoms with Crippen molar-refractivity contribution >= 4 is 0 Å². The van der Waals surface area contributed by atoms with Crippen LogP contribution in [-0.2, 0) is 0 Å². The van der Waals surface area contributed by atoms with Gasteiger partial charge in [-0.1, -0.05) is 37.0 Å². The molecule has 0 amide bonds. The smallest absolute Gasteiger partial charge is 0.0467 e. The maximum atomic E-state index is 3.51. The summed E-state index contributed by atoms with van der Waals surface area (Å²) in [6, 6.07) is 0.